The second-order valence-corrected chi connectivity index (χ2v) is 4.98. The van der Waals surface area contributed by atoms with Gasteiger partial charge in [0.05, 0.1) is 12.5 Å². The Hall–Kier alpha value is -2.38. The molecule has 2 atom stereocenters. The molecule has 0 aromatic heterocycles. The summed E-state index contributed by atoms with van der Waals surface area (Å²) < 4.78 is 40.2. The van der Waals surface area contributed by atoms with Gasteiger partial charge in [-0.15, -0.1) is 0 Å². The Kier molecular flexibility index (Phi) is 4.48. The highest BCUT2D eigenvalue weighted by Crippen LogP contribution is 2.33. The zero-order valence-electron chi connectivity index (χ0n) is 11.6. The predicted molar refractivity (Wildman–Crippen MR) is 71.0 cm³/mol. The summed E-state index contributed by atoms with van der Waals surface area (Å²) in [7, 11) is 0. The van der Waals surface area contributed by atoms with E-state index in [0.717, 1.165) is 0 Å². The summed E-state index contributed by atoms with van der Waals surface area (Å²) >= 11 is 0. The van der Waals surface area contributed by atoms with Gasteiger partial charge in [-0.05, 0) is 13.0 Å². The smallest absolute Gasteiger partial charge is 0.238 e. The maximum Gasteiger partial charge on any atom is 0.238 e. The molecule has 1 amide bonds. The van der Waals surface area contributed by atoms with Crippen LogP contribution in [0.15, 0.2) is 24.4 Å². The van der Waals surface area contributed by atoms with Gasteiger partial charge in [0.25, 0.3) is 0 Å². The topological polar surface area (TPSA) is 63.4 Å². The summed E-state index contributed by atoms with van der Waals surface area (Å²) in [6, 6.07) is -0.372. The average Bonchev–Trinajstić information content (AvgIpc) is 2.44. The Labute approximate surface area is 124 Å². The molecule has 1 saturated heterocycles. The highest BCUT2D eigenvalue weighted by Gasteiger charge is 2.43. The van der Waals surface area contributed by atoms with Gasteiger partial charge in [-0.2, -0.15) is 0 Å². The van der Waals surface area contributed by atoms with E-state index in [2.05, 4.69) is 0 Å². The van der Waals surface area contributed by atoms with Crippen molar-refractivity contribution in [1.29, 1.82) is 0 Å². The van der Waals surface area contributed by atoms with Crippen LogP contribution in [0.25, 0.3) is 0 Å². The predicted octanol–water partition coefficient (Wildman–Crippen LogP) is 2.60. The Balaban J connectivity index is 2.42. The lowest BCUT2D eigenvalue weighted by atomic mass is 9.85. The first-order valence-corrected chi connectivity index (χ1v) is 6.55. The molecular weight excluding hydrogens is 301 g/mol. The number of allylic oxidation sites excluding steroid dienone is 1. The lowest BCUT2D eigenvalue weighted by molar-refractivity contribution is -0.528. The fraction of sp³-hybridized carbons (Fsp3) is 0.357. The largest absolute Gasteiger partial charge is 0.312 e. The number of hydrogen-bond donors (Lipinski definition) is 0. The van der Waals surface area contributed by atoms with Crippen LogP contribution in [0.1, 0.15) is 24.8 Å². The number of amides is 1. The quantitative estimate of drug-likeness (QED) is 0.489. The summed E-state index contributed by atoms with van der Waals surface area (Å²) in [6.45, 7) is 1.40. The Morgan fingerprint density at radius 1 is 1.27 bits per heavy atom. The number of nitrogens with zero attached hydrogens (tertiary/aromatic N) is 2. The fourth-order valence-electron chi connectivity index (χ4n) is 2.55. The number of rotatable bonds is 3. The highest BCUT2D eigenvalue weighted by atomic mass is 19.2. The minimum absolute atomic E-state index is 0.251. The van der Waals surface area contributed by atoms with E-state index < -0.39 is 40.2 Å². The molecule has 0 aliphatic carbocycles. The van der Waals surface area contributed by atoms with Gasteiger partial charge in [0.15, 0.2) is 11.6 Å². The van der Waals surface area contributed by atoms with Crippen molar-refractivity contribution in [3.63, 3.8) is 0 Å². The van der Waals surface area contributed by atoms with Crippen LogP contribution in [-0.4, -0.2) is 28.3 Å². The Bertz CT molecular complexity index is 648. The highest BCUT2D eigenvalue weighted by molar-refractivity contribution is 5.79. The fourth-order valence-corrected chi connectivity index (χ4v) is 2.55. The van der Waals surface area contributed by atoms with Gasteiger partial charge in [-0.1, -0.05) is 6.08 Å². The third kappa shape index (κ3) is 2.95. The molecule has 1 aliphatic heterocycles. The van der Waals surface area contributed by atoms with E-state index >= 15 is 0 Å². The average molecular weight is 314 g/mol. The van der Waals surface area contributed by atoms with E-state index in [-0.39, 0.29) is 18.5 Å². The van der Waals surface area contributed by atoms with Crippen LogP contribution < -0.4 is 0 Å². The van der Waals surface area contributed by atoms with Crippen LogP contribution in [0.2, 0.25) is 0 Å². The zero-order chi connectivity index (χ0) is 16.4. The zero-order valence-corrected chi connectivity index (χ0v) is 11.6. The first-order chi connectivity index (χ1) is 10.3. The SMILES string of the molecule is C/C=C/N1C[C@H]([N+](=O)[O-])[C@@H](c2cc(F)c(F)cc2F)CC1=O. The third-order valence-electron chi connectivity index (χ3n) is 3.60. The number of carbonyl (C=O) groups excluding carboxylic acids is 1. The number of likely N-dealkylation sites (tertiary alicyclic amines) is 1. The molecule has 5 nitrogen and oxygen atoms in total. The van der Waals surface area contributed by atoms with Crippen LogP contribution in [0.4, 0.5) is 13.2 Å². The number of halogens is 3. The van der Waals surface area contributed by atoms with E-state index in [1.165, 1.54) is 11.1 Å². The van der Waals surface area contributed by atoms with E-state index in [1.807, 2.05) is 0 Å². The van der Waals surface area contributed by atoms with Crippen LogP contribution in [0, 0.1) is 27.6 Å². The van der Waals surface area contributed by atoms with E-state index in [0.29, 0.717) is 12.1 Å². The summed E-state index contributed by atoms with van der Waals surface area (Å²) in [4.78, 5) is 23.7. The van der Waals surface area contributed by atoms with Crippen molar-refractivity contribution in [2.45, 2.75) is 25.3 Å². The minimum atomic E-state index is -1.38. The van der Waals surface area contributed by atoms with Crippen molar-refractivity contribution in [1.82, 2.24) is 4.90 Å². The van der Waals surface area contributed by atoms with Crippen molar-refractivity contribution in [2.24, 2.45) is 0 Å². The van der Waals surface area contributed by atoms with Crippen molar-refractivity contribution in [3.05, 3.63) is 57.5 Å². The molecule has 1 heterocycles. The third-order valence-corrected chi connectivity index (χ3v) is 3.60. The van der Waals surface area contributed by atoms with Gasteiger partial charge in [0.2, 0.25) is 11.9 Å². The Morgan fingerprint density at radius 3 is 2.50 bits per heavy atom. The van der Waals surface area contributed by atoms with Crippen LogP contribution >= 0.6 is 0 Å². The van der Waals surface area contributed by atoms with Crippen molar-refractivity contribution >= 4 is 5.91 Å². The molecule has 0 unspecified atom stereocenters. The van der Waals surface area contributed by atoms with Crippen LogP contribution in [0.3, 0.4) is 0 Å². The first-order valence-electron chi connectivity index (χ1n) is 6.55. The molecule has 1 aliphatic rings. The van der Waals surface area contributed by atoms with Crippen LogP contribution in [0.5, 0.6) is 0 Å². The summed E-state index contributed by atoms with van der Waals surface area (Å²) in [5.74, 6) is -5.36. The van der Waals surface area contributed by atoms with E-state index in [4.69, 9.17) is 0 Å². The molecule has 118 valence electrons. The molecule has 1 fully saturated rings. The molecule has 0 bridgehead atoms. The van der Waals surface area contributed by atoms with E-state index in [9.17, 15) is 28.1 Å². The lowest BCUT2D eigenvalue weighted by Gasteiger charge is -2.32. The molecule has 0 spiro atoms. The molecule has 0 saturated carbocycles. The van der Waals surface area contributed by atoms with Gasteiger partial charge in [-0.25, -0.2) is 13.2 Å². The number of piperidine rings is 1. The maximum absolute atomic E-state index is 13.9. The van der Waals surface area contributed by atoms with Crippen LogP contribution in [-0.2, 0) is 4.79 Å². The second kappa shape index (κ2) is 6.17. The minimum Gasteiger partial charge on any atom is -0.312 e. The normalized spacial score (nSPS) is 22.4. The molecule has 8 heteroatoms. The van der Waals surface area contributed by atoms with Crippen molar-refractivity contribution < 1.29 is 22.9 Å². The van der Waals surface area contributed by atoms with Crippen molar-refractivity contribution in [2.75, 3.05) is 6.54 Å². The monoisotopic (exact) mass is 314 g/mol. The maximum atomic E-state index is 13.9. The summed E-state index contributed by atoms with van der Waals surface area (Å²) in [5, 5.41) is 11.2. The summed E-state index contributed by atoms with van der Waals surface area (Å²) in [6.07, 6.45) is 2.60. The van der Waals surface area contributed by atoms with Gasteiger partial charge >= 0.3 is 0 Å². The summed E-state index contributed by atoms with van der Waals surface area (Å²) in [5.41, 5.74) is -0.353. The molecule has 0 N–H and O–H groups in total. The van der Waals surface area contributed by atoms with Gasteiger partial charge in [-0.3, -0.25) is 14.9 Å². The second-order valence-electron chi connectivity index (χ2n) is 4.98. The number of carbonyl (C=O) groups is 1. The number of benzene rings is 1. The lowest BCUT2D eigenvalue weighted by Crippen LogP contribution is -2.47. The molecule has 1 aromatic rings. The molecule has 0 radical (unpaired) electrons. The molecule has 2 rings (SSSR count). The number of nitro groups is 1. The molecule has 1 aromatic carbocycles. The molecular formula is C14H13F3N2O3. The Morgan fingerprint density at radius 2 is 1.91 bits per heavy atom. The first kappa shape index (κ1) is 16.0. The number of hydrogen-bond acceptors (Lipinski definition) is 3. The van der Waals surface area contributed by atoms with E-state index in [1.54, 1.807) is 13.0 Å². The van der Waals surface area contributed by atoms with Crippen molar-refractivity contribution in [3.8, 4) is 0 Å². The van der Waals surface area contributed by atoms with Gasteiger partial charge in [0, 0.05) is 29.2 Å². The van der Waals surface area contributed by atoms with Gasteiger partial charge < -0.3 is 4.90 Å². The standard InChI is InChI=1S/C14H13F3N2O3/c1-2-3-18-7-13(19(21)22)9(5-14(18)20)8-4-11(16)12(17)6-10(8)15/h2-4,6,9,13H,5,7H2,1H3/b3-2+/t9-,13+/m1/s1. The molecule has 22 heavy (non-hydrogen) atoms. The van der Waals surface area contributed by atoms with Gasteiger partial charge in [0.1, 0.15) is 5.82 Å².